The van der Waals surface area contributed by atoms with Crippen LogP contribution in [0.2, 0.25) is 0 Å². The van der Waals surface area contributed by atoms with Crippen LogP contribution in [-0.4, -0.2) is 28.3 Å². The van der Waals surface area contributed by atoms with E-state index in [-0.39, 0.29) is 22.0 Å². The standard InChI is InChI=1S/C15H13BrN2O4S2/c16-11-5-7-12(8-6-11)24(21,22)18-17-14-9-10-23(19,20)15-4-2-1-3-13(14)15/h1-8,18H,9-10H2. The second-order valence-electron chi connectivity index (χ2n) is 5.17. The SMILES string of the molecule is O=S1(=O)CCC(=NNS(=O)(=O)c2ccc(Br)cc2)c2ccccc21. The van der Waals surface area contributed by atoms with Crippen LogP contribution in [0, 0.1) is 0 Å². The summed E-state index contributed by atoms with van der Waals surface area (Å²) in [6, 6.07) is 12.6. The summed E-state index contributed by atoms with van der Waals surface area (Å²) in [4.78, 5) is 2.44. The normalized spacial score (nSPS) is 18.1. The molecule has 1 N–H and O–H groups in total. The minimum atomic E-state index is -3.82. The highest BCUT2D eigenvalue weighted by atomic mass is 79.9. The van der Waals surface area contributed by atoms with Gasteiger partial charge in [0.15, 0.2) is 9.84 Å². The van der Waals surface area contributed by atoms with E-state index in [1.54, 1.807) is 30.3 Å². The fourth-order valence-electron chi connectivity index (χ4n) is 2.35. The number of halogens is 1. The van der Waals surface area contributed by atoms with Gasteiger partial charge in [0.05, 0.1) is 21.3 Å². The molecule has 126 valence electrons. The molecular weight excluding hydrogens is 416 g/mol. The molecule has 2 aromatic carbocycles. The van der Waals surface area contributed by atoms with Crippen LogP contribution in [0.15, 0.2) is 67.9 Å². The molecule has 0 aliphatic carbocycles. The van der Waals surface area contributed by atoms with Crippen molar-refractivity contribution in [3.05, 3.63) is 58.6 Å². The van der Waals surface area contributed by atoms with Crippen LogP contribution < -0.4 is 4.83 Å². The molecule has 0 atom stereocenters. The predicted octanol–water partition coefficient (Wildman–Crippen LogP) is 2.31. The van der Waals surface area contributed by atoms with E-state index in [0.29, 0.717) is 11.3 Å². The Kier molecular flexibility index (Phi) is 4.50. The molecule has 0 saturated carbocycles. The van der Waals surface area contributed by atoms with Gasteiger partial charge >= 0.3 is 0 Å². The van der Waals surface area contributed by atoms with Crippen molar-refractivity contribution in [1.29, 1.82) is 0 Å². The third-order valence-corrected chi connectivity index (χ3v) is 7.09. The topological polar surface area (TPSA) is 92.7 Å². The van der Waals surface area contributed by atoms with Crippen LogP contribution in [-0.2, 0) is 19.9 Å². The number of hydrogen-bond donors (Lipinski definition) is 1. The third-order valence-electron chi connectivity index (χ3n) is 3.57. The highest BCUT2D eigenvalue weighted by molar-refractivity contribution is 9.10. The summed E-state index contributed by atoms with van der Waals surface area (Å²) in [7, 11) is -7.16. The molecule has 1 aliphatic rings. The number of benzene rings is 2. The van der Waals surface area contributed by atoms with Gasteiger partial charge in [0.2, 0.25) is 0 Å². The summed E-state index contributed by atoms with van der Waals surface area (Å²) < 4.78 is 49.5. The second-order valence-corrected chi connectivity index (χ2v) is 9.83. The molecule has 0 fully saturated rings. The van der Waals surface area contributed by atoms with Gasteiger partial charge in [-0.05, 0) is 30.3 Å². The van der Waals surface area contributed by atoms with Crippen LogP contribution in [0.25, 0.3) is 0 Å². The molecule has 1 heterocycles. The van der Waals surface area contributed by atoms with Crippen molar-refractivity contribution in [3.63, 3.8) is 0 Å². The van der Waals surface area contributed by atoms with Gasteiger partial charge < -0.3 is 0 Å². The van der Waals surface area contributed by atoms with E-state index in [2.05, 4.69) is 25.9 Å². The first kappa shape index (κ1) is 17.1. The van der Waals surface area contributed by atoms with Crippen molar-refractivity contribution in [2.45, 2.75) is 16.2 Å². The van der Waals surface area contributed by atoms with Gasteiger partial charge in [-0.3, -0.25) is 0 Å². The van der Waals surface area contributed by atoms with Crippen molar-refractivity contribution in [3.8, 4) is 0 Å². The lowest BCUT2D eigenvalue weighted by molar-refractivity contribution is 0.584. The Morgan fingerprint density at radius 1 is 1.04 bits per heavy atom. The first-order chi connectivity index (χ1) is 11.3. The first-order valence-electron chi connectivity index (χ1n) is 6.96. The Hall–Kier alpha value is -1.71. The van der Waals surface area contributed by atoms with E-state index in [1.807, 2.05) is 0 Å². The summed E-state index contributed by atoms with van der Waals surface area (Å²) >= 11 is 3.24. The summed E-state index contributed by atoms with van der Waals surface area (Å²) in [5.74, 6) is -0.0944. The molecule has 0 amide bonds. The zero-order valence-corrected chi connectivity index (χ0v) is 15.5. The highest BCUT2D eigenvalue weighted by Gasteiger charge is 2.27. The lowest BCUT2D eigenvalue weighted by Gasteiger charge is -2.18. The minimum absolute atomic E-state index is 0.0757. The second kappa shape index (κ2) is 6.30. The Morgan fingerprint density at radius 2 is 1.71 bits per heavy atom. The van der Waals surface area contributed by atoms with Gasteiger partial charge in [0, 0.05) is 16.5 Å². The number of sulfonamides is 1. The maximum atomic E-state index is 12.3. The van der Waals surface area contributed by atoms with E-state index >= 15 is 0 Å². The largest absolute Gasteiger partial charge is 0.276 e. The van der Waals surface area contributed by atoms with E-state index in [9.17, 15) is 16.8 Å². The quantitative estimate of drug-likeness (QED) is 0.758. The fourth-order valence-corrected chi connectivity index (χ4v) is 4.93. The van der Waals surface area contributed by atoms with Crippen LogP contribution in [0.4, 0.5) is 0 Å². The first-order valence-corrected chi connectivity index (χ1v) is 10.9. The average molecular weight is 429 g/mol. The van der Waals surface area contributed by atoms with Gasteiger partial charge in [-0.1, -0.05) is 34.1 Å². The third kappa shape index (κ3) is 3.38. The monoisotopic (exact) mass is 428 g/mol. The van der Waals surface area contributed by atoms with Crippen molar-refractivity contribution in [2.24, 2.45) is 5.10 Å². The molecule has 1 aliphatic heterocycles. The molecule has 24 heavy (non-hydrogen) atoms. The van der Waals surface area contributed by atoms with Crippen LogP contribution >= 0.6 is 15.9 Å². The van der Waals surface area contributed by atoms with Crippen molar-refractivity contribution >= 4 is 41.5 Å². The molecule has 0 saturated heterocycles. The van der Waals surface area contributed by atoms with Gasteiger partial charge in [-0.25, -0.2) is 8.42 Å². The Labute approximate surface area is 148 Å². The van der Waals surface area contributed by atoms with E-state index < -0.39 is 19.9 Å². The van der Waals surface area contributed by atoms with Gasteiger partial charge in [-0.15, -0.1) is 0 Å². The molecule has 0 bridgehead atoms. The zero-order chi connectivity index (χ0) is 17.4. The van der Waals surface area contributed by atoms with E-state index in [1.165, 1.54) is 18.2 Å². The number of hydrogen-bond acceptors (Lipinski definition) is 5. The molecule has 3 rings (SSSR count). The molecule has 0 aromatic heterocycles. The minimum Gasteiger partial charge on any atom is -0.224 e. The predicted molar refractivity (Wildman–Crippen MR) is 94.1 cm³/mol. The maximum absolute atomic E-state index is 12.3. The van der Waals surface area contributed by atoms with Crippen molar-refractivity contribution in [1.82, 2.24) is 4.83 Å². The fraction of sp³-hybridized carbons (Fsp3) is 0.133. The van der Waals surface area contributed by atoms with E-state index in [0.717, 1.165) is 4.47 Å². The number of sulfone groups is 1. The number of hydrazone groups is 1. The van der Waals surface area contributed by atoms with Gasteiger partial charge in [0.1, 0.15) is 0 Å². The van der Waals surface area contributed by atoms with E-state index in [4.69, 9.17) is 0 Å². The molecule has 0 unspecified atom stereocenters. The summed E-state index contributed by atoms with van der Waals surface area (Å²) in [5, 5.41) is 3.96. The van der Waals surface area contributed by atoms with Crippen molar-refractivity contribution in [2.75, 3.05) is 5.75 Å². The molecule has 6 nitrogen and oxygen atoms in total. The molecule has 2 aromatic rings. The number of nitrogens with zero attached hydrogens (tertiary/aromatic N) is 1. The Balaban J connectivity index is 1.94. The lowest BCUT2D eigenvalue weighted by Crippen LogP contribution is -2.26. The van der Waals surface area contributed by atoms with Gasteiger partial charge in [0.25, 0.3) is 10.0 Å². The summed E-state index contributed by atoms with van der Waals surface area (Å²) in [5.41, 5.74) is 0.836. The molecule has 9 heteroatoms. The zero-order valence-electron chi connectivity index (χ0n) is 12.3. The van der Waals surface area contributed by atoms with Crippen LogP contribution in [0.5, 0.6) is 0 Å². The number of nitrogens with one attached hydrogen (secondary N) is 1. The Morgan fingerprint density at radius 3 is 2.42 bits per heavy atom. The number of fused-ring (bicyclic) bond motifs is 1. The smallest absolute Gasteiger partial charge is 0.224 e. The summed E-state index contributed by atoms with van der Waals surface area (Å²) in [6.45, 7) is 0. The maximum Gasteiger partial charge on any atom is 0.276 e. The highest BCUT2D eigenvalue weighted by Crippen LogP contribution is 2.25. The molecule has 0 radical (unpaired) electrons. The summed E-state index contributed by atoms with van der Waals surface area (Å²) in [6.07, 6.45) is 0.155. The Bertz CT molecular complexity index is 1010. The van der Waals surface area contributed by atoms with Crippen molar-refractivity contribution < 1.29 is 16.8 Å². The van der Waals surface area contributed by atoms with Gasteiger partial charge in [-0.2, -0.15) is 18.4 Å². The lowest BCUT2D eigenvalue weighted by atomic mass is 10.1. The number of rotatable bonds is 3. The molecule has 0 spiro atoms. The molecular formula is C15H13BrN2O4S2. The van der Waals surface area contributed by atoms with Crippen LogP contribution in [0.3, 0.4) is 0 Å². The van der Waals surface area contributed by atoms with Crippen LogP contribution in [0.1, 0.15) is 12.0 Å². The average Bonchev–Trinajstić information content (AvgIpc) is 2.55.